The van der Waals surface area contributed by atoms with Crippen molar-refractivity contribution in [3.63, 3.8) is 0 Å². The van der Waals surface area contributed by atoms with Crippen LogP contribution in [-0.4, -0.2) is 66.5 Å². The van der Waals surface area contributed by atoms with Gasteiger partial charge in [-0.2, -0.15) is 0 Å². The highest BCUT2D eigenvalue weighted by atomic mass is 16.6. The van der Waals surface area contributed by atoms with Crippen LogP contribution in [0.25, 0.3) is 0 Å². The number of aliphatic carboxylic acids is 1. The van der Waals surface area contributed by atoms with Gasteiger partial charge in [0.25, 0.3) is 0 Å². The summed E-state index contributed by atoms with van der Waals surface area (Å²) in [4.78, 5) is 25.0. The predicted octanol–water partition coefficient (Wildman–Crippen LogP) is 2.09. The molecule has 0 aliphatic carbocycles. The zero-order valence-corrected chi connectivity index (χ0v) is 18.0. The van der Waals surface area contributed by atoms with Crippen molar-refractivity contribution in [1.82, 2.24) is 4.90 Å². The molecule has 5 N–H and O–H groups in total. The number of nitrogens with one attached hydrogen (secondary N) is 2. The molecule has 1 heterocycles. The maximum Gasteiger partial charge on any atom is 0.341 e. The number of ether oxygens (including phenoxy) is 3. The summed E-state index contributed by atoms with van der Waals surface area (Å²) in [5.74, 6) is -0.937. The number of nitrogen functional groups attached to an aromatic ring is 1. The van der Waals surface area contributed by atoms with Gasteiger partial charge in [-0.05, 0) is 37.1 Å². The van der Waals surface area contributed by atoms with Crippen molar-refractivity contribution in [2.24, 2.45) is 5.73 Å². The van der Waals surface area contributed by atoms with Crippen LogP contribution in [-0.2, 0) is 9.53 Å². The maximum atomic E-state index is 12.3. The Bertz CT molecular complexity index is 1030. The van der Waals surface area contributed by atoms with Gasteiger partial charge in [0, 0.05) is 30.3 Å². The standard InChI is InChI=1S/C23H26N4O6/c24-21(25)17-11-18(13-19(12-17)33-14-20(28)29)31-9-10-32-23(30)16-5-3-15(4-6-16)22(26)27-7-1-2-8-27/h3-6,11-13,26H,1-2,7-10,14H2,(H3,24,25)(H,28,29). The van der Waals surface area contributed by atoms with Gasteiger partial charge in [0.1, 0.15) is 36.4 Å². The van der Waals surface area contributed by atoms with Crippen molar-refractivity contribution >= 4 is 23.6 Å². The van der Waals surface area contributed by atoms with E-state index >= 15 is 0 Å². The summed E-state index contributed by atoms with van der Waals surface area (Å²) in [5.41, 5.74) is 6.94. The Labute approximate surface area is 190 Å². The van der Waals surface area contributed by atoms with Crippen LogP contribution < -0.4 is 15.2 Å². The molecule has 3 rings (SSSR count). The molecule has 0 saturated carbocycles. The second kappa shape index (κ2) is 11.0. The first-order chi connectivity index (χ1) is 15.8. The molecule has 0 spiro atoms. The lowest BCUT2D eigenvalue weighted by Crippen LogP contribution is -2.27. The second-order valence-corrected chi connectivity index (χ2v) is 7.39. The van der Waals surface area contributed by atoms with E-state index in [2.05, 4.69) is 0 Å². The van der Waals surface area contributed by atoms with E-state index in [0.717, 1.165) is 31.5 Å². The van der Waals surface area contributed by atoms with E-state index in [9.17, 15) is 9.59 Å². The lowest BCUT2D eigenvalue weighted by atomic mass is 10.1. The number of carboxylic acid groups (broad SMARTS) is 1. The number of nitrogens with two attached hydrogens (primary N) is 1. The number of likely N-dealkylation sites (tertiary alicyclic amines) is 1. The Balaban J connectivity index is 1.50. The van der Waals surface area contributed by atoms with Crippen molar-refractivity contribution < 1.29 is 28.9 Å². The number of nitrogens with zero attached hydrogens (tertiary/aromatic N) is 1. The summed E-state index contributed by atoms with van der Waals surface area (Å²) in [6.45, 7) is 1.22. The first-order valence-electron chi connectivity index (χ1n) is 10.4. The Kier molecular flexibility index (Phi) is 7.85. The fourth-order valence-corrected chi connectivity index (χ4v) is 3.30. The molecule has 0 bridgehead atoms. The fourth-order valence-electron chi connectivity index (χ4n) is 3.30. The third-order valence-electron chi connectivity index (χ3n) is 4.95. The van der Waals surface area contributed by atoms with E-state index in [1.54, 1.807) is 24.3 Å². The van der Waals surface area contributed by atoms with Gasteiger partial charge in [-0.15, -0.1) is 0 Å². The highest BCUT2D eigenvalue weighted by Crippen LogP contribution is 2.23. The summed E-state index contributed by atoms with van der Waals surface area (Å²) < 4.78 is 15.9. The maximum absolute atomic E-state index is 12.3. The third-order valence-corrected chi connectivity index (χ3v) is 4.95. The zero-order valence-electron chi connectivity index (χ0n) is 18.0. The minimum atomic E-state index is -1.14. The number of amidine groups is 2. The molecule has 0 atom stereocenters. The van der Waals surface area contributed by atoms with Crippen molar-refractivity contribution in [1.29, 1.82) is 10.8 Å². The minimum absolute atomic E-state index is 0.0280. The van der Waals surface area contributed by atoms with Crippen LogP contribution in [0.4, 0.5) is 0 Å². The van der Waals surface area contributed by atoms with Crippen molar-refractivity contribution in [3.05, 3.63) is 59.2 Å². The van der Waals surface area contributed by atoms with Crippen LogP contribution in [0.15, 0.2) is 42.5 Å². The molecule has 1 fully saturated rings. The normalized spacial score (nSPS) is 12.8. The molecule has 10 nitrogen and oxygen atoms in total. The van der Waals surface area contributed by atoms with Crippen molar-refractivity contribution in [2.45, 2.75) is 12.8 Å². The molecule has 1 saturated heterocycles. The van der Waals surface area contributed by atoms with Gasteiger partial charge in [0.15, 0.2) is 6.61 Å². The Morgan fingerprint density at radius 1 is 0.909 bits per heavy atom. The van der Waals surface area contributed by atoms with Gasteiger partial charge in [0.2, 0.25) is 0 Å². The van der Waals surface area contributed by atoms with Crippen LogP contribution in [0.2, 0.25) is 0 Å². The van der Waals surface area contributed by atoms with Crippen LogP contribution in [0.1, 0.15) is 34.3 Å². The number of hydrogen-bond donors (Lipinski definition) is 4. The average molecular weight is 454 g/mol. The van der Waals surface area contributed by atoms with Crippen LogP contribution in [0, 0.1) is 10.8 Å². The third kappa shape index (κ3) is 6.70. The SMILES string of the molecule is N=C(N)c1cc(OCCOC(=O)c2ccc(C(=N)N3CCCC3)cc2)cc(OCC(=O)O)c1. The van der Waals surface area contributed by atoms with Gasteiger partial charge in [0.05, 0.1) is 5.56 Å². The molecular weight excluding hydrogens is 428 g/mol. The number of carboxylic acids is 1. The summed E-state index contributed by atoms with van der Waals surface area (Å²) in [6.07, 6.45) is 2.18. The fraction of sp³-hybridized carbons (Fsp3) is 0.304. The molecule has 0 aromatic heterocycles. The van der Waals surface area contributed by atoms with Crippen LogP contribution in [0.5, 0.6) is 11.5 Å². The van der Waals surface area contributed by atoms with Crippen LogP contribution >= 0.6 is 0 Å². The Hall–Kier alpha value is -4.08. The van der Waals surface area contributed by atoms with E-state index in [4.69, 9.17) is 35.9 Å². The molecule has 2 aromatic rings. The summed E-state index contributed by atoms with van der Waals surface area (Å²) >= 11 is 0. The average Bonchev–Trinajstić information content (AvgIpc) is 3.35. The summed E-state index contributed by atoms with van der Waals surface area (Å²) in [6, 6.07) is 11.1. The molecule has 0 unspecified atom stereocenters. The molecule has 33 heavy (non-hydrogen) atoms. The van der Waals surface area contributed by atoms with Gasteiger partial charge in [-0.3, -0.25) is 10.8 Å². The van der Waals surface area contributed by atoms with E-state index < -0.39 is 18.5 Å². The highest BCUT2D eigenvalue weighted by Gasteiger charge is 2.17. The Morgan fingerprint density at radius 2 is 1.52 bits per heavy atom. The topological polar surface area (TPSA) is 159 Å². The second-order valence-electron chi connectivity index (χ2n) is 7.39. The van der Waals surface area contributed by atoms with Gasteiger partial charge < -0.3 is 30.0 Å². The molecule has 0 radical (unpaired) electrons. The lowest BCUT2D eigenvalue weighted by Gasteiger charge is -2.18. The molecular formula is C23H26N4O6. The number of carbonyl (C=O) groups is 2. The van der Waals surface area contributed by atoms with E-state index in [1.165, 1.54) is 18.2 Å². The summed E-state index contributed by atoms with van der Waals surface area (Å²) in [7, 11) is 0. The number of esters is 1. The number of rotatable bonds is 10. The highest BCUT2D eigenvalue weighted by molar-refractivity contribution is 5.98. The molecule has 1 aliphatic rings. The molecule has 10 heteroatoms. The molecule has 2 aromatic carbocycles. The van der Waals surface area contributed by atoms with Gasteiger partial charge >= 0.3 is 11.9 Å². The number of hydrogen-bond acceptors (Lipinski definition) is 7. The van der Waals surface area contributed by atoms with Crippen molar-refractivity contribution in [2.75, 3.05) is 32.9 Å². The quantitative estimate of drug-likeness (QED) is 0.184. The largest absolute Gasteiger partial charge is 0.490 e. The number of carbonyl (C=O) groups excluding carboxylic acids is 1. The number of benzene rings is 2. The molecule has 1 aliphatic heterocycles. The van der Waals surface area contributed by atoms with E-state index in [-0.39, 0.29) is 24.8 Å². The van der Waals surface area contributed by atoms with Crippen LogP contribution in [0.3, 0.4) is 0 Å². The molecule has 0 amide bonds. The first kappa shape index (κ1) is 23.6. The van der Waals surface area contributed by atoms with Gasteiger partial charge in [-0.25, -0.2) is 9.59 Å². The zero-order chi connectivity index (χ0) is 23.8. The molecule has 174 valence electrons. The van der Waals surface area contributed by atoms with E-state index in [0.29, 0.717) is 22.7 Å². The van der Waals surface area contributed by atoms with Gasteiger partial charge in [-0.1, -0.05) is 12.1 Å². The van der Waals surface area contributed by atoms with Crippen molar-refractivity contribution in [3.8, 4) is 11.5 Å². The smallest absolute Gasteiger partial charge is 0.341 e. The minimum Gasteiger partial charge on any atom is -0.490 e. The lowest BCUT2D eigenvalue weighted by molar-refractivity contribution is -0.139. The Morgan fingerprint density at radius 3 is 2.12 bits per heavy atom. The van der Waals surface area contributed by atoms with E-state index in [1.807, 2.05) is 4.90 Å². The first-order valence-corrected chi connectivity index (χ1v) is 10.4. The predicted molar refractivity (Wildman–Crippen MR) is 120 cm³/mol. The summed E-state index contributed by atoms with van der Waals surface area (Å²) in [5, 5.41) is 24.6. The monoisotopic (exact) mass is 454 g/mol.